The number of hydrogen-bond acceptors (Lipinski definition) is 5. The van der Waals surface area contributed by atoms with Crippen LogP contribution in [0.3, 0.4) is 0 Å². The molecule has 0 radical (unpaired) electrons. The van der Waals surface area contributed by atoms with Gasteiger partial charge in [0.1, 0.15) is 11.9 Å². The largest absolute Gasteiger partial charge is 0.507 e. The first kappa shape index (κ1) is 14.7. The van der Waals surface area contributed by atoms with Crippen molar-refractivity contribution in [2.45, 2.75) is 26.0 Å². The van der Waals surface area contributed by atoms with Gasteiger partial charge in [-0.25, -0.2) is 4.99 Å². The molecule has 0 unspecified atom stereocenters. The SMILES string of the molecule is CCNC(=O)[C@H]1N=C(c2ccc(N=[N+]=[N-])cc2O)O[C@H]1C. The number of nitrogens with zero attached hydrogens (tertiary/aromatic N) is 4. The van der Waals surface area contributed by atoms with Gasteiger partial charge in [-0.15, -0.1) is 0 Å². The fourth-order valence-corrected chi connectivity index (χ4v) is 2.00. The summed E-state index contributed by atoms with van der Waals surface area (Å²) in [6.45, 7) is 4.07. The minimum absolute atomic E-state index is 0.123. The van der Waals surface area contributed by atoms with Crippen molar-refractivity contribution in [2.24, 2.45) is 10.1 Å². The zero-order valence-electron chi connectivity index (χ0n) is 11.6. The van der Waals surface area contributed by atoms with Crippen LogP contribution in [0.1, 0.15) is 19.4 Å². The molecule has 1 aliphatic rings. The fraction of sp³-hybridized carbons (Fsp3) is 0.385. The van der Waals surface area contributed by atoms with Crippen LogP contribution < -0.4 is 5.32 Å². The Morgan fingerprint density at radius 3 is 3.00 bits per heavy atom. The normalized spacial score (nSPS) is 20.2. The van der Waals surface area contributed by atoms with Gasteiger partial charge in [0.2, 0.25) is 11.8 Å². The highest BCUT2D eigenvalue weighted by Gasteiger charge is 2.34. The molecule has 1 aromatic rings. The Hall–Kier alpha value is -2.73. The maximum absolute atomic E-state index is 11.8. The van der Waals surface area contributed by atoms with Crippen LogP contribution in [0.15, 0.2) is 28.3 Å². The van der Waals surface area contributed by atoms with Crippen molar-refractivity contribution in [1.82, 2.24) is 5.32 Å². The average Bonchev–Trinajstić information content (AvgIpc) is 2.81. The molecule has 8 nitrogen and oxygen atoms in total. The van der Waals surface area contributed by atoms with Gasteiger partial charge in [0, 0.05) is 17.1 Å². The van der Waals surface area contributed by atoms with E-state index in [1.165, 1.54) is 18.2 Å². The van der Waals surface area contributed by atoms with E-state index < -0.39 is 12.1 Å². The molecule has 1 heterocycles. The molecule has 1 aromatic carbocycles. The van der Waals surface area contributed by atoms with E-state index >= 15 is 0 Å². The number of likely N-dealkylation sites (N-methyl/N-ethyl adjacent to an activating group) is 1. The Bertz CT molecular complexity index is 637. The Morgan fingerprint density at radius 1 is 1.62 bits per heavy atom. The fourth-order valence-electron chi connectivity index (χ4n) is 2.00. The van der Waals surface area contributed by atoms with Gasteiger partial charge in [-0.2, -0.15) is 0 Å². The average molecular weight is 289 g/mol. The Kier molecular flexibility index (Phi) is 4.30. The van der Waals surface area contributed by atoms with Crippen molar-refractivity contribution in [3.63, 3.8) is 0 Å². The number of hydrogen-bond donors (Lipinski definition) is 2. The van der Waals surface area contributed by atoms with Crippen molar-refractivity contribution < 1.29 is 14.6 Å². The lowest BCUT2D eigenvalue weighted by Crippen LogP contribution is -2.38. The van der Waals surface area contributed by atoms with Crippen LogP contribution >= 0.6 is 0 Å². The number of benzene rings is 1. The molecule has 2 atom stereocenters. The number of azide groups is 1. The first-order valence-electron chi connectivity index (χ1n) is 6.47. The van der Waals surface area contributed by atoms with Gasteiger partial charge in [-0.1, -0.05) is 11.2 Å². The first-order valence-corrected chi connectivity index (χ1v) is 6.47. The molecule has 0 fully saturated rings. The number of carbonyl (C=O) groups excluding carboxylic acids is 1. The topological polar surface area (TPSA) is 120 Å². The molecule has 0 aliphatic carbocycles. The van der Waals surface area contributed by atoms with Crippen LogP contribution in [0.25, 0.3) is 10.4 Å². The van der Waals surface area contributed by atoms with Gasteiger partial charge in [0.05, 0.1) is 5.56 Å². The van der Waals surface area contributed by atoms with E-state index in [9.17, 15) is 9.90 Å². The second kappa shape index (κ2) is 6.15. The summed E-state index contributed by atoms with van der Waals surface area (Å²) in [7, 11) is 0. The summed E-state index contributed by atoms with van der Waals surface area (Å²) in [6, 6.07) is 3.73. The molecule has 1 amide bonds. The summed E-state index contributed by atoms with van der Waals surface area (Å²) < 4.78 is 5.53. The van der Waals surface area contributed by atoms with Crippen molar-refractivity contribution in [1.29, 1.82) is 0 Å². The van der Waals surface area contributed by atoms with Crippen LogP contribution in [0.4, 0.5) is 5.69 Å². The first-order chi connectivity index (χ1) is 10.1. The molecule has 0 aromatic heterocycles. The van der Waals surface area contributed by atoms with Gasteiger partial charge in [-0.05, 0) is 31.5 Å². The zero-order chi connectivity index (χ0) is 15.4. The minimum Gasteiger partial charge on any atom is -0.507 e. The predicted molar refractivity (Wildman–Crippen MR) is 76.5 cm³/mol. The van der Waals surface area contributed by atoms with E-state index in [1.54, 1.807) is 6.92 Å². The highest BCUT2D eigenvalue weighted by Crippen LogP contribution is 2.28. The number of amides is 1. The molecule has 0 saturated carbocycles. The number of phenols is 1. The van der Waals surface area contributed by atoms with E-state index in [0.717, 1.165) is 0 Å². The Labute approximate surface area is 121 Å². The lowest BCUT2D eigenvalue weighted by molar-refractivity contribution is -0.123. The summed E-state index contributed by atoms with van der Waals surface area (Å²) in [4.78, 5) is 18.7. The molecule has 0 saturated heterocycles. The minimum atomic E-state index is -0.642. The molecule has 2 N–H and O–H groups in total. The van der Waals surface area contributed by atoms with Gasteiger partial charge in [-0.3, -0.25) is 4.79 Å². The van der Waals surface area contributed by atoms with Crippen LogP contribution in [0.5, 0.6) is 5.75 Å². The number of rotatable bonds is 4. The third kappa shape index (κ3) is 3.06. The zero-order valence-corrected chi connectivity index (χ0v) is 11.6. The number of aromatic hydroxyl groups is 1. The molecule has 110 valence electrons. The highest BCUT2D eigenvalue weighted by molar-refractivity contribution is 6.01. The second-order valence-electron chi connectivity index (χ2n) is 4.49. The van der Waals surface area contributed by atoms with E-state index in [2.05, 4.69) is 20.3 Å². The standard InChI is InChI=1S/C13H15N5O3/c1-3-15-12(20)11-7(2)21-13(16-11)9-5-4-8(17-18-14)6-10(9)19/h4-7,11,19H,3H2,1-2H3,(H,15,20)/t7-,11-/m0/s1. The molecule has 0 bridgehead atoms. The molecule has 8 heteroatoms. The molecule has 2 rings (SSSR count). The summed E-state index contributed by atoms with van der Waals surface area (Å²) in [6.07, 6.45) is -0.414. The highest BCUT2D eigenvalue weighted by atomic mass is 16.5. The maximum Gasteiger partial charge on any atom is 0.248 e. The molecule has 1 aliphatic heterocycles. The smallest absolute Gasteiger partial charge is 0.248 e. The van der Waals surface area contributed by atoms with E-state index in [-0.39, 0.29) is 23.2 Å². The summed E-state index contributed by atoms with van der Waals surface area (Å²) in [5.41, 5.74) is 8.99. The maximum atomic E-state index is 11.8. The second-order valence-corrected chi connectivity index (χ2v) is 4.49. The quantitative estimate of drug-likeness (QED) is 0.501. The van der Waals surface area contributed by atoms with Crippen molar-refractivity contribution >= 4 is 17.5 Å². The summed E-state index contributed by atoms with van der Waals surface area (Å²) in [5.74, 6) is -0.142. The number of aliphatic imine (C=N–C) groups is 1. The Morgan fingerprint density at radius 2 is 2.38 bits per heavy atom. The van der Waals surface area contributed by atoms with E-state index in [4.69, 9.17) is 10.3 Å². The van der Waals surface area contributed by atoms with Crippen molar-refractivity contribution in [2.75, 3.05) is 6.54 Å². The van der Waals surface area contributed by atoms with E-state index in [0.29, 0.717) is 12.1 Å². The third-order valence-electron chi connectivity index (χ3n) is 2.99. The van der Waals surface area contributed by atoms with Crippen LogP contribution in [-0.4, -0.2) is 35.6 Å². The monoisotopic (exact) mass is 289 g/mol. The van der Waals surface area contributed by atoms with Gasteiger partial charge >= 0.3 is 0 Å². The number of carbonyl (C=O) groups is 1. The Balaban J connectivity index is 2.28. The van der Waals surface area contributed by atoms with Gasteiger partial charge < -0.3 is 15.2 Å². The third-order valence-corrected chi connectivity index (χ3v) is 2.99. The summed E-state index contributed by atoms with van der Waals surface area (Å²) in [5, 5.41) is 16.0. The number of nitrogens with one attached hydrogen (secondary N) is 1. The lowest BCUT2D eigenvalue weighted by Gasteiger charge is -2.12. The lowest BCUT2D eigenvalue weighted by atomic mass is 10.2. The number of ether oxygens (including phenoxy) is 1. The van der Waals surface area contributed by atoms with Crippen LogP contribution in [-0.2, 0) is 9.53 Å². The van der Waals surface area contributed by atoms with Crippen LogP contribution in [0, 0.1) is 0 Å². The van der Waals surface area contributed by atoms with Crippen molar-refractivity contribution in [3.05, 3.63) is 34.2 Å². The molecule has 21 heavy (non-hydrogen) atoms. The van der Waals surface area contributed by atoms with E-state index in [1.807, 2.05) is 6.92 Å². The van der Waals surface area contributed by atoms with Crippen LogP contribution in [0.2, 0.25) is 0 Å². The van der Waals surface area contributed by atoms with Gasteiger partial charge in [0.15, 0.2) is 6.04 Å². The molecular weight excluding hydrogens is 274 g/mol. The summed E-state index contributed by atoms with van der Waals surface area (Å²) >= 11 is 0. The number of phenolic OH excluding ortho intramolecular Hbond substituents is 1. The predicted octanol–water partition coefficient (Wildman–Crippen LogP) is 2.00. The molecular formula is C13H15N5O3. The van der Waals surface area contributed by atoms with Gasteiger partial charge in [0.25, 0.3) is 0 Å². The molecule has 0 spiro atoms. The van der Waals surface area contributed by atoms with Crippen molar-refractivity contribution in [3.8, 4) is 5.75 Å².